The monoisotopic (exact) mass is 396 g/mol. The predicted molar refractivity (Wildman–Crippen MR) is 102 cm³/mol. The lowest BCUT2D eigenvalue weighted by Crippen LogP contribution is -2.22. The van der Waals surface area contributed by atoms with Gasteiger partial charge in [-0.05, 0) is 43.7 Å². The summed E-state index contributed by atoms with van der Waals surface area (Å²) in [4.78, 5) is 17.3. The molecule has 1 aliphatic carbocycles. The summed E-state index contributed by atoms with van der Waals surface area (Å²) in [5, 5.41) is 3.32. The lowest BCUT2D eigenvalue weighted by Gasteiger charge is -2.17. The van der Waals surface area contributed by atoms with Crippen LogP contribution in [0.2, 0.25) is 0 Å². The number of alkyl halides is 2. The number of rotatable bonds is 6. The summed E-state index contributed by atoms with van der Waals surface area (Å²) in [6.45, 7) is -0.921. The van der Waals surface area contributed by atoms with Crippen LogP contribution in [-0.4, -0.2) is 30.3 Å². The first kappa shape index (κ1) is 19.7. The molecule has 1 aromatic carbocycles. The number of ether oxygens (including phenoxy) is 2. The second kappa shape index (κ2) is 9.21. The van der Waals surface area contributed by atoms with Crippen molar-refractivity contribution in [1.29, 1.82) is 0 Å². The third-order valence-corrected chi connectivity index (χ3v) is 5.25. The van der Waals surface area contributed by atoms with Gasteiger partial charge in [0.05, 0.1) is 17.6 Å². The smallest absolute Gasteiger partial charge is 0.387 e. The fourth-order valence-corrected chi connectivity index (χ4v) is 4.02. The fourth-order valence-electron chi connectivity index (χ4n) is 3.14. The maximum absolute atomic E-state index is 12.8. The number of aliphatic imine (C=N–C) groups is 1. The molecule has 0 atom stereocenters. The van der Waals surface area contributed by atoms with Crippen LogP contribution in [0.5, 0.6) is 11.5 Å². The normalized spacial score (nSPS) is 21.1. The van der Waals surface area contributed by atoms with Crippen molar-refractivity contribution in [2.24, 2.45) is 4.99 Å². The van der Waals surface area contributed by atoms with Gasteiger partial charge in [-0.1, -0.05) is 31.4 Å². The van der Waals surface area contributed by atoms with Crippen molar-refractivity contribution in [1.82, 2.24) is 5.32 Å². The number of amides is 1. The molecule has 3 rings (SSSR count). The van der Waals surface area contributed by atoms with Crippen LogP contribution in [0.1, 0.15) is 44.6 Å². The third kappa shape index (κ3) is 5.22. The Labute approximate surface area is 161 Å². The van der Waals surface area contributed by atoms with Crippen LogP contribution in [0, 0.1) is 0 Å². The molecular formula is C19H22F2N2O3S. The van der Waals surface area contributed by atoms with Gasteiger partial charge in [-0.15, -0.1) is 0 Å². The van der Waals surface area contributed by atoms with Gasteiger partial charge in [-0.2, -0.15) is 8.78 Å². The summed E-state index contributed by atoms with van der Waals surface area (Å²) >= 11 is 1.22. The molecule has 5 nitrogen and oxygen atoms in total. The molecule has 1 saturated heterocycles. The average molecular weight is 396 g/mol. The molecular weight excluding hydrogens is 374 g/mol. The first-order valence-electron chi connectivity index (χ1n) is 9.06. The summed E-state index contributed by atoms with van der Waals surface area (Å²) in [6, 6.07) is 5.07. The van der Waals surface area contributed by atoms with Crippen molar-refractivity contribution in [3.8, 4) is 11.5 Å². The van der Waals surface area contributed by atoms with Gasteiger partial charge in [0.1, 0.15) is 0 Å². The van der Waals surface area contributed by atoms with Gasteiger partial charge in [0.25, 0.3) is 5.91 Å². The lowest BCUT2D eigenvalue weighted by molar-refractivity contribution is -0.115. The van der Waals surface area contributed by atoms with Crippen LogP contribution < -0.4 is 14.8 Å². The summed E-state index contributed by atoms with van der Waals surface area (Å²) in [5.41, 5.74) is 0.359. The molecule has 0 bridgehead atoms. The molecule has 8 heteroatoms. The number of carbonyl (C=O) groups is 1. The maximum atomic E-state index is 12.8. The van der Waals surface area contributed by atoms with Crippen molar-refractivity contribution >= 4 is 28.9 Å². The number of thioether (sulfide) groups is 1. The minimum Gasteiger partial charge on any atom is -0.490 e. The first-order valence-corrected chi connectivity index (χ1v) is 9.87. The molecule has 1 heterocycles. The zero-order valence-corrected chi connectivity index (χ0v) is 15.9. The van der Waals surface area contributed by atoms with Crippen LogP contribution in [-0.2, 0) is 4.79 Å². The number of nitrogens with one attached hydrogen (secondary N) is 1. The second-order valence-electron chi connectivity index (χ2n) is 6.28. The highest BCUT2D eigenvalue weighted by atomic mass is 32.2. The molecule has 1 N–H and O–H groups in total. The topological polar surface area (TPSA) is 59.9 Å². The largest absolute Gasteiger partial charge is 0.490 e. The van der Waals surface area contributed by atoms with Gasteiger partial charge < -0.3 is 14.8 Å². The summed E-state index contributed by atoms with van der Waals surface area (Å²) < 4.78 is 35.7. The molecule has 1 aliphatic heterocycles. The van der Waals surface area contributed by atoms with Crippen molar-refractivity contribution < 1.29 is 23.0 Å². The second-order valence-corrected chi connectivity index (χ2v) is 7.31. The summed E-state index contributed by atoms with van der Waals surface area (Å²) in [7, 11) is 0. The van der Waals surface area contributed by atoms with E-state index < -0.39 is 6.61 Å². The van der Waals surface area contributed by atoms with Gasteiger partial charge in [-0.3, -0.25) is 9.79 Å². The minimum absolute atomic E-state index is 0.0760. The molecule has 2 fully saturated rings. The SMILES string of the molecule is CCOc1cccc(/C=C2\SC(=NC3CCCCC3)NC2=O)c1OC(F)F. The Morgan fingerprint density at radius 2 is 2.11 bits per heavy atom. The Bertz CT molecular complexity index is 746. The van der Waals surface area contributed by atoms with E-state index in [0.29, 0.717) is 22.2 Å². The first-order chi connectivity index (χ1) is 13.1. The Morgan fingerprint density at radius 1 is 1.33 bits per heavy atom. The van der Waals surface area contributed by atoms with Crippen LogP contribution in [0.4, 0.5) is 8.78 Å². The molecule has 0 unspecified atom stereocenters. The Hall–Kier alpha value is -2.09. The molecule has 27 heavy (non-hydrogen) atoms. The molecule has 0 spiro atoms. The fraction of sp³-hybridized carbons (Fsp3) is 0.474. The van der Waals surface area contributed by atoms with Crippen molar-refractivity contribution in [3.63, 3.8) is 0 Å². The molecule has 2 aliphatic rings. The standard InChI is InChI=1S/C19H22F2N2O3S/c1-2-25-14-10-6-7-12(16(14)26-18(20)21)11-15-17(24)23-19(27-15)22-13-8-4-3-5-9-13/h6-7,10-11,13,18H,2-5,8-9H2,1H3,(H,22,23,24)/b15-11-. The van der Waals surface area contributed by atoms with E-state index in [1.54, 1.807) is 25.1 Å². The number of nitrogens with zero attached hydrogens (tertiary/aromatic N) is 1. The van der Waals surface area contributed by atoms with Crippen molar-refractivity contribution in [3.05, 3.63) is 28.7 Å². The number of para-hydroxylation sites is 1. The lowest BCUT2D eigenvalue weighted by atomic mass is 9.96. The number of halogens is 2. The Kier molecular flexibility index (Phi) is 6.71. The predicted octanol–water partition coefficient (Wildman–Crippen LogP) is 4.58. The average Bonchev–Trinajstić information content (AvgIpc) is 2.97. The molecule has 1 saturated carbocycles. The van der Waals surface area contributed by atoms with Crippen molar-refractivity contribution in [2.45, 2.75) is 51.7 Å². The molecule has 1 aromatic rings. The third-order valence-electron chi connectivity index (χ3n) is 4.33. The quantitative estimate of drug-likeness (QED) is 0.715. The van der Waals surface area contributed by atoms with Crippen molar-refractivity contribution in [2.75, 3.05) is 6.61 Å². The molecule has 0 radical (unpaired) electrons. The minimum atomic E-state index is -2.99. The van der Waals surface area contributed by atoms with Crippen LogP contribution in [0.3, 0.4) is 0 Å². The van der Waals surface area contributed by atoms with E-state index in [1.807, 2.05) is 0 Å². The van der Waals surface area contributed by atoms with E-state index in [0.717, 1.165) is 25.7 Å². The highest BCUT2D eigenvalue weighted by Gasteiger charge is 2.26. The highest BCUT2D eigenvalue weighted by Crippen LogP contribution is 2.36. The number of benzene rings is 1. The van der Waals surface area contributed by atoms with E-state index in [1.165, 1.54) is 24.3 Å². The van der Waals surface area contributed by atoms with Gasteiger partial charge in [0, 0.05) is 5.56 Å². The number of carbonyl (C=O) groups excluding carboxylic acids is 1. The number of amidine groups is 1. The van der Waals surface area contributed by atoms with Gasteiger partial charge in [-0.25, -0.2) is 0 Å². The Morgan fingerprint density at radius 3 is 2.81 bits per heavy atom. The summed E-state index contributed by atoms with van der Waals surface area (Å²) in [5.74, 6) is -0.154. The van der Waals surface area contributed by atoms with E-state index in [9.17, 15) is 13.6 Å². The van der Waals surface area contributed by atoms with Gasteiger partial charge in [0.2, 0.25) is 0 Å². The summed E-state index contributed by atoms with van der Waals surface area (Å²) in [6.07, 6.45) is 7.13. The molecule has 146 valence electrons. The number of hydrogen-bond acceptors (Lipinski definition) is 5. The van der Waals surface area contributed by atoms with E-state index >= 15 is 0 Å². The molecule has 0 aromatic heterocycles. The van der Waals surface area contributed by atoms with Crippen LogP contribution >= 0.6 is 11.8 Å². The zero-order chi connectivity index (χ0) is 19.2. The van der Waals surface area contributed by atoms with Crippen LogP contribution in [0.25, 0.3) is 6.08 Å². The maximum Gasteiger partial charge on any atom is 0.387 e. The highest BCUT2D eigenvalue weighted by molar-refractivity contribution is 8.18. The number of hydrogen-bond donors (Lipinski definition) is 1. The van der Waals surface area contributed by atoms with E-state index in [-0.39, 0.29) is 23.4 Å². The van der Waals surface area contributed by atoms with E-state index in [2.05, 4.69) is 15.0 Å². The Balaban J connectivity index is 1.84. The van der Waals surface area contributed by atoms with Gasteiger partial charge >= 0.3 is 6.61 Å². The van der Waals surface area contributed by atoms with Gasteiger partial charge in [0.15, 0.2) is 16.7 Å². The van der Waals surface area contributed by atoms with E-state index in [4.69, 9.17) is 4.74 Å². The molecule has 1 amide bonds. The zero-order valence-electron chi connectivity index (χ0n) is 15.0. The van der Waals surface area contributed by atoms with Crippen LogP contribution in [0.15, 0.2) is 28.1 Å².